The average Bonchev–Trinajstić information content (AvgIpc) is 3.07. The molecule has 2 bridgehead atoms. The smallest absolute Gasteiger partial charge is 0.310 e. The first-order valence-electron chi connectivity index (χ1n) is 17.9. The molecule has 0 saturated heterocycles. The predicted octanol–water partition coefficient (Wildman–Crippen LogP) is 8.15. The van der Waals surface area contributed by atoms with E-state index in [0.29, 0.717) is 17.7 Å². The van der Waals surface area contributed by atoms with Crippen LogP contribution in [-0.4, -0.2) is 37.6 Å². The van der Waals surface area contributed by atoms with Crippen molar-refractivity contribution in [2.45, 2.75) is 127 Å². The zero-order valence-corrected chi connectivity index (χ0v) is 30.9. The van der Waals surface area contributed by atoms with Crippen molar-refractivity contribution in [1.82, 2.24) is 4.72 Å². The molecular weight excluding hydrogens is 635 g/mol. The average molecular weight is 686 g/mol. The predicted molar refractivity (Wildman–Crippen MR) is 192 cm³/mol. The molecule has 1 saturated carbocycles. The van der Waals surface area contributed by atoms with E-state index in [4.69, 9.17) is 4.74 Å². The standard InChI is InChI=1S/C41H51NO6S/c1-23(2)26-21-29(24(3)4)35(30(22-26)25(5)6)49(46,47)42-36-37(48-39(45)28-16-10-9-15-27(28)38(43)44)41(8)33-19-13-11-17-31(33)40(36,7)32-18-12-14-20-34(32)41/h11-14,17-25,27-28,36-37,42H,9-10,15-16H2,1-8H3,(H,43,44)/t27-,28+,36-,37+,40?,41?/m0/s1. The first-order chi connectivity index (χ1) is 23.0. The number of nitrogens with one attached hydrogen (secondary N) is 1. The molecule has 262 valence electrons. The fraction of sp³-hybridized carbons (Fsp3) is 0.512. The summed E-state index contributed by atoms with van der Waals surface area (Å²) < 4.78 is 40.0. The van der Waals surface area contributed by atoms with Gasteiger partial charge in [-0.05, 0) is 83.4 Å². The van der Waals surface area contributed by atoms with Crippen LogP contribution >= 0.6 is 0 Å². The van der Waals surface area contributed by atoms with Crippen LogP contribution in [0.2, 0.25) is 0 Å². The van der Waals surface area contributed by atoms with Gasteiger partial charge in [0.05, 0.1) is 28.2 Å². The van der Waals surface area contributed by atoms with E-state index < -0.39 is 56.8 Å². The van der Waals surface area contributed by atoms with E-state index in [-0.39, 0.29) is 17.8 Å². The topological polar surface area (TPSA) is 110 Å². The number of carboxylic acids is 1. The Morgan fingerprint density at radius 1 is 0.755 bits per heavy atom. The molecular formula is C41H51NO6S. The van der Waals surface area contributed by atoms with Crippen molar-refractivity contribution in [2.24, 2.45) is 11.8 Å². The summed E-state index contributed by atoms with van der Waals surface area (Å²) in [6.07, 6.45) is 1.39. The molecule has 0 amide bonds. The highest BCUT2D eigenvalue weighted by Gasteiger charge is 2.65. The second kappa shape index (κ2) is 12.7. The highest BCUT2D eigenvalue weighted by molar-refractivity contribution is 7.89. The van der Waals surface area contributed by atoms with E-state index in [2.05, 4.69) is 30.7 Å². The molecule has 49 heavy (non-hydrogen) atoms. The number of carboxylic acid groups (broad SMARTS) is 1. The number of carbonyl (C=O) groups is 2. The molecule has 4 aliphatic rings. The number of ether oxygens (including phenoxy) is 1. The number of benzene rings is 3. The molecule has 0 aromatic heterocycles. The van der Waals surface area contributed by atoms with Crippen molar-refractivity contribution < 1.29 is 27.9 Å². The highest BCUT2D eigenvalue weighted by Crippen LogP contribution is 2.60. The van der Waals surface area contributed by atoms with Gasteiger partial charge in [-0.15, -0.1) is 0 Å². The minimum absolute atomic E-state index is 0.0620. The van der Waals surface area contributed by atoms with E-state index in [1.165, 1.54) is 0 Å². The Hall–Kier alpha value is -3.49. The SMILES string of the molecule is CC(C)c1cc(C(C)C)c(S(=O)(=O)N[C@H]2[C@@H](OC(=O)[C@@H]3CCCC[C@@H]3C(=O)O)C3(C)c4ccccc4C2(C)c2ccccc23)c(C(C)C)c1. The Morgan fingerprint density at radius 2 is 1.20 bits per heavy atom. The summed E-state index contributed by atoms with van der Waals surface area (Å²) in [5.74, 6) is -3.10. The lowest BCUT2D eigenvalue weighted by Crippen LogP contribution is -2.70. The normalized spacial score (nSPS) is 27.7. The van der Waals surface area contributed by atoms with Crippen LogP contribution < -0.4 is 4.72 Å². The number of fused-ring (bicyclic) bond motifs is 1. The Balaban J connectivity index is 1.57. The molecule has 0 spiro atoms. The number of esters is 1. The lowest BCUT2D eigenvalue weighted by molar-refractivity contribution is -0.169. The van der Waals surface area contributed by atoms with Crippen LogP contribution in [0.1, 0.15) is 138 Å². The Morgan fingerprint density at radius 3 is 1.63 bits per heavy atom. The van der Waals surface area contributed by atoms with E-state index in [1.807, 2.05) is 90.1 Å². The fourth-order valence-electron chi connectivity index (χ4n) is 9.06. The maximum absolute atomic E-state index is 15.1. The van der Waals surface area contributed by atoms with Crippen molar-refractivity contribution >= 4 is 22.0 Å². The molecule has 0 radical (unpaired) electrons. The van der Waals surface area contributed by atoms with Gasteiger partial charge in [-0.25, -0.2) is 13.1 Å². The van der Waals surface area contributed by atoms with Crippen LogP contribution in [0, 0.1) is 11.8 Å². The van der Waals surface area contributed by atoms with Gasteiger partial charge in [-0.3, -0.25) is 9.59 Å². The Bertz CT molecular complexity index is 1820. The summed E-state index contributed by atoms with van der Waals surface area (Å²) in [6.45, 7) is 16.4. The number of sulfonamides is 1. The largest absolute Gasteiger partial charge is 0.481 e. The van der Waals surface area contributed by atoms with Crippen LogP contribution in [0.5, 0.6) is 0 Å². The van der Waals surface area contributed by atoms with Crippen LogP contribution in [0.4, 0.5) is 0 Å². The van der Waals surface area contributed by atoms with Gasteiger partial charge in [0.15, 0.2) is 0 Å². The van der Waals surface area contributed by atoms with E-state index in [1.54, 1.807) is 0 Å². The monoisotopic (exact) mass is 685 g/mol. The summed E-state index contributed by atoms with van der Waals surface area (Å²) in [6, 6.07) is 19.3. The first-order valence-corrected chi connectivity index (χ1v) is 19.4. The molecule has 8 heteroatoms. The van der Waals surface area contributed by atoms with Crippen molar-refractivity contribution in [3.8, 4) is 0 Å². The zero-order valence-electron chi connectivity index (χ0n) is 30.0. The van der Waals surface area contributed by atoms with E-state index in [0.717, 1.165) is 51.8 Å². The molecule has 7 rings (SSSR count). The summed E-state index contributed by atoms with van der Waals surface area (Å²) in [7, 11) is -4.20. The molecule has 0 aliphatic heterocycles. The third-order valence-corrected chi connectivity index (χ3v) is 13.4. The molecule has 4 aliphatic carbocycles. The van der Waals surface area contributed by atoms with Crippen LogP contribution in [-0.2, 0) is 35.2 Å². The maximum atomic E-state index is 15.1. The summed E-state index contributed by atoms with van der Waals surface area (Å²) in [5.41, 5.74) is 4.74. The fourth-order valence-corrected chi connectivity index (χ4v) is 11.1. The number of rotatable bonds is 9. The van der Waals surface area contributed by atoms with Gasteiger partial charge in [-0.1, -0.05) is 115 Å². The van der Waals surface area contributed by atoms with Gasteiger partial charge in [-0.2, -0.15) is 0 Å². The van der Waals surface area contributed by atoms with Crippen molar-refractivity contribution in [1.29, 1.82) is 0 Å². The highest BCUT2D eigenvalue weighted by atomic mass is 32.2. The molecule has 1 fully saturated rings. The first kappa shape index (κ1) is 35.3. The van der Waals surface area contributed by atoms with Crippen molar-refractivity contribution in [3.05, 3.63) is 99.6 Å². The van der Waals surface area contributed by atoms with Crippen LogP contribution in [0.25, 0.3) is 0 Å². The van der Waals surface area contributed by atoms with Crippen molar-refractivity contribution in [3.63, 3.8) is 0 Å². The van der Waals surface area contributed by atoms with Gasteiger partial charge < -0.3 is 9.84 Å². The molecule has 0 unspecified atom stereocenters. The number of hydrogen-bond donors (Lipinski definition) is 2. The molecule has 0 heterocycles. The van der Waals surface area contributed by atoms with Gasteiger partial charge in [0.2, 0.25) is 10.0 Å². The van der Waals surface area contributed by atoms with Crippen LogP contribution in [0.3, 0.4) is 0 Å². The zero-order chi connectivity index (χ0) is 35.6. The number of aliphatic carboxylic acids is 1. The summed E-state index contributed by atoms with van der Waals surface area (Å²) in [4.78, 5) is 26.8. The molecule has 3 aromatic carbocycles. The molecule has 7 nitrogen and oxygen atoms in total. The quantitative estimate of drug-likeness (QED) is 0.220. The summed E-state index contributed by atoms with van der Waals surface area (Å²) >= 11 is 0. The third kappa shape index (κ3) is 5.54. The van der Waals surface area contributed by atoms with Crippen LogP contribution in [0.15, 0.2) is 65.6 Å². The van der Waals surface area contributed by atoms with E-state index in [9.17, 15) is 14.7 Å². The number of carbonyl (C=O) groups excluding carboxylic acids is 1. The lowest BCUT2D eigenvalue weighted by atomic mass is 9.47. The maximum Gasteiger partial charge on any atom is 0.310 e. The third-order valence-electron chi connectivity index (χ3n) is 11.8. The Kier molecular flexibility index (Phi) is 9.15. The van der Waals surface area contributed by atoms with Gasteiger partial charge in [0.25, 0.3) is 0 Å². The second-order valence-electron chi connectivity index (χ2n) is 15.8. The number of hydrogen-bond acceptors (Lipinski definition) is 5. The summed E-state index contributed by atoms with van der Waals surface area (Å²) in [5, 5.41) is 10.0. The van der Waals surface area contributed by atoms with Gasteiger partial charge in [0.1, 0.15) is 6.10 Å². The molecule has 2 N–H and O–H groups in total. The molecule has 4 atom stereocenters. The van der Waals surface area contributed by atoms with E-state index >= 15 is 8.42 Å². The lowest BCUT2D eigenvalue weighted by Gasteiger charge is -2.60. The molecule has 3 aromatic rings. The Labute approximate surface area is 291 Å². The van der Waals surface area contributed by atoms with Gasteiger partial charge in [0, 0.05) is 5.41 Å². The second-order valence-corrected chi connectivity index (χ2v) is 17.4. The van der Waals surface area contributed by atoms with Gasteiger partial charge >= 0.3 is 11.9 Å². The minimum Gasteiger partial charge on any atom is -0.481 e. The van der Waals surface area contributed by atoms with Crippen molar-refractivity contribution in [2.75, 3.05) is 0 Å². The minimum atomic E-state index is -4.20.